The van der Waals surface area contributed by atoms with Crippen LogP contribution < -0.4 is 10.6 Å². The quantitative estimate of drug-likeness (QED) is 0.857. The van der Waals surface area contributed by atoms with Gasteiger partial charge in [-0.05, 0) is 19.1 Å². The van der Waals surface area contributed by atoms with Crippen molar-refractivity contribution < 1.29 is 13.5 Å². The first-order valence-electron chi connectivity index (χ1n) is 6.45. The Morgan fingerprint density at radius 1 is 1.14 bits per heavy atom. The second-order valence-electron chi connectivity index (χ2n) is 4.27. The van der Waals surface area contributed by atoms with Gasteiger partial charge in [-0.1, -0.05) is 0 Å². The predicted octanol–water partition coefficient (Wildman–Crippen LogP) is 3.08. The Kier molecular flexibility index (Phi) is 4.99. The third-order valence-corrected chi connectivity index (χ3v) is 2.59. The molecule has 21 heavy (non-hydrogen) atoms. The van der Waals surface area contributed by atoms with Crippen molar-refractivity contribution in [3.63, 3.8) is 0 Å². The number of ether oxygens (including phenoxy) is 1. The lowest BCUT2D eigenvalue weighted by molar-refractivity contribution is 0.178. The largest absolute Gasteiger partial charge is 0.377 e. The Morgan fingerprint density at radius 3 is 2.62 bits per heavy atom. The number of aromatic nitrogens is 2. The molecule has 7 heteroatoms. The summed E-state index contributed by atoms with van der Waals surface area (Å²) in [7, 11) is 1.53. The molecular weight excluding hydrogens is 278 g/mol. The Morgan fingerprint density at radius 2 is 1.90 bits per heavy atom. The van der Waals surface area contributed by atoms with E-state index in [2.05, 4.69) is 20.6 Å². The monoisotopic (exact) mass is 294 g/mol. The van der Waals surface area contributed by atoms with Gasteiger partial charge in [0.2, 0.25) is 0 Å². The molecule has 0 aliphatic carbocycles. The van der Waals surface area contributed by atoms with Gasteiger partial charge >= 0.3 is 0 Å². The normalized spacial score (nSPS) is 10.5. The van der Waals surface area contributed by atoms with E-state index in [9.17, 15) is 8.78 Å². The molecule has 0 amide bonds. The van der Waals surface area contributed by atoms with Crippen molar-refractivity contribution in [2.24, 2.45) is 0 Å². The number of hydrogen-bond acceptors (Lipinski definition) is 5. The molecule has 0 aliphatic rings. The van der Waals surface area contributed by atoms with Crippen molar-refractivity contribution in [3.8, 4) is 0 Å². The van der Waals surface area contributed by atoms with Gasteiger partial charge in [0.15, 0.2) is 5.82 Å². The molecule has 1 heterocycles. The molecule has 0 bridgehead atoms. The number of halogens is 2. The first kappa shape index (κ1) is 15.1. The number of methoxy groups -OCH3 is 1. The fraction of sp³-hybridized carbons (Fsp3) is 0.286. The van der Waals surface area contributed by atoms with Gasteiger partial charge in [-0.2, -0.15) is 0 Å². The van der Waals surface area contributed by atoms with E-state index in [1.807, 2.05) is 6.92 Å². The van der Waals surface area contributed by atoms with Gasteiger partial charge in [0.1, 0.15) is 29.9 Å². The molecule has 0 aliphatic heterocycles. The zero-order chi connectivity index (χ0) is 15.2. The predicted molar refractivity (Wildman–Crippen MR) is 76.5 cm³/mol. The van der Waals surface area contributed by atoms with E-state index in [1.54, 1.807) is 6.07 Å². The van der Waals surface area contributed by atoms with Crippen LogP contribution in [0.25, 0.3) is 0 Å². The first-order valence-corrected chi connectivity index (χ1v) is 6.45. The lowest BCUT2D eigenvalue weighted by atomic mass is 10.3. The van der Waals surface area contributed by atoms with Crippen LogP contribution in [0.5, 0.6) is 0 Å². The molecule has 5 nitrogen and oxygen atoms in total. The molecule has 0 radical (unpaired) electrons. The van der Waals surface area contributed by atoms with Crippen molar-refractivity contribution in [2.45, 2.75) is 13.5 Å². The average Bonchev–Trinajstić information content (AvgIpc) is 2.43. The summed E-state index contributed by atoms with van der Waals surface area (Å²) in [6, 6.07) is 4.80. The SMILES string of the molecule is CCNc1cc(Nc2cc(F)ccc2F)nc(COC)n1. The number of nitrogens with zero attached hydrogens (tertiary/aromatic N) is 2. The third-order valence-electron chi connectivity index (χ3n) is 2.59. The highest BCUT2D eigenvalue weighted by molar-refractivity contribution is 5.59. The Bertz CT molecular complexity index is 598. The zero-order valence-electron chi connectivity index (χ0n) is 11.8. The molecule has 1 aromatic heterocycles. The highest BCUT2D eigenvalue weighted by Gasteiger charge is 2.08. The van der Waals surface area contributed by atoms with Gasteiger partial charge in [0.25, 0.3) is 0 Å². The van der Waals surface area contributed by atoms with Crippen LogP contribution in [0.3, 0.4) is 0 Å². The fourth-order valence-electron chi connectivity index (χ4n) is 1.76. The van der Waals surface area contributed by atoms with Gasteiger partial charge in [0.05, 0.1) is 5.69 Å². The minimum absolute atomic E-state index is 0.0134. The smallest absolute Gasteiger partial charge is 0.158 e. The molecule has 0 unspecified atom stereocenters. The van der Waals surface area contributed by atoms with E-state index in [4.69, 9.17) is 4.74 Å². The molecule has 1 aromatic carbocycles. The topological polar surface area (TPSA) is 59.1 Å². The van der Waals surface area contributed by atoms with Gasteiger partial charge in [-0.3, -0.25) is 0 Å². The molecule has 0 fully saturated rings. The summed E-state index contributed by atoms with van der Waals surface area (Å²) in [5, 5.41) is 5.79. The van der Waals surface area contributed by atoms with Gasteiger partial charge in [-0.15, -0.1) is 0 Å². The molecule has 0 spiro atoms. The molecule has 2 N–H and O–H groups in total. The standard InChI is InChI=1S/C14H16F2N4O/c1-3-17-12-7-13(20-14(19-12)8-21-2)18-11-6-9(15)4-5-10(11)16/h4-7H,3,8H2,1-2H3,(H2,17,18,19,20). The van der Waals surface area contributed by atoms with Crippen LogP contribution in [-0.2, 0) is 11.3 Å². The summed E-state index contributed by atoms with van der Waals surface area (Å²) in [5.74, 6) is 0.289. The van der Waals surface area contributed by atoms with Crippen LogP contribution in [-0.4, -0.2) is 23.6 Å². The Hall–Kier alpha value is -2.28. The summed E-state index contributed by atoms with van der Waals surface area (Å²) >= 11 is 0. The van der Waals surface area contributed by atoms with E-state index in [-0.39, 0.29) is 12.3 Å². The summed E-state index contributed by atoms with van der Waals surface area (Å²) in [5.41, 5.74) is 0.0134. The average molecular weight is 294 g/mol. The van der Waals surface area contributed by atoms with E-state index in [0.29, 0.717) is 24.0 Å². The second-order valence-corrected chi connectivity index (χ2v) is 4.27. The van der Waals surface area contributed by atoms with Crippen molar-refractivity contribution >= 4 is 17.3 Å². The van der Waals surface area contributed by atoms with Gasteiger partial charge in [0, 0.05) is 25.8 Å². The maximum absolute atomic E-state index is 13.6. The van der Waals surface area contributed by atoms with Crippen molar-refractivity contribution in [3.05, 3.63) is 41.7 Å². The second kappa shape index (κ2) is 6.94. The maximum Gasteiger partial charge on any atom is 0.158 e. The maximum atomic E-state index is 13.6. The lowest BCUT2D eigenvalue weighted by Gasteiger charge is -2.11. The highest BCUT2D eigenvalue weighted by Crippen LogP contribution is 2.21. The minimum atomic E-state index is -0.562. The molecule has 2 aromatic rings. The lowest BCUT2D eigenvalue weighted by Crippen LogP contribution is -2.07. The van der Waals surface area contributed by atoms with Crippen LogP contribution in [0.1, 0.15) is 12.7 Å². The van der Waals surface area contributed by atoms with Crippen molar-refractivity contribution in [2.75, 3.05) is 24.3 Å². The van der Waals surface area contributed by atoms with Crippen LogP contribution in [0.2, 0.25) is 0 Å². The molecule has 0 atom stereocenters. The molecule has 2 rings (SSSR count). The summed E-state index contributed by atoms with van der Waals surface area (Å²) < 4.78 is 31.8. The van der Waals surface area contributed by atoms with Crippen LogP contribution in [0.4, 0.5) is 26.1 Å². The van der Waals surface area contributed by atoms with Crippen LogP contribution >= 0.6 is 0 Å². The van der Waals surface area contributed by atoms with Crippen LogP contribution in [0, 0.1) is 11.6 Å². The number of nitrogens with one attached hydrogen (secondary N) is 2. The number of anilines is 3. The fourth-order valence-corrected chi connectivity index (χ4v) is 1.76. The first-order chi connectivity index (χ1) is 10.1. The Balaban J connectivity index is 2.31. The summed E-state index contributed by atoms with van der Waals surface area (Å²) in [4.78, 5) is 8.43. The van der Waals surface area contributed by atoms with E-state index in [0.717, 1.165) is 18.2 Å². The number of hydrogen-bond donors (Lipinski definition) is 2. The third kappa shape index (κ3) is 4.09. The molecule has 112 valence electrons. The molecule has 0 saturated carbocycles. The van der Waals surface area contributed by atoms with Crippen molar-refractivity contribution in [1.29, 1.82) is 0 Å². The molecular formula is C14H16F2N4O. The zero-order valence-corrected chi connectivity index (χ0v) is 11.8. The Labute approximate surface area is 121 Å². The summed E-state index contributed by atoms with van der Waals surface area (Å²) in [6.07, 6.45) is 0. The van der Waals surface area contributed by atoms with Gasteiger partial charge < -0.3 is 15.4 Å². The van der Waals surface area contributed by atoms with E-state index in [1.165, 1.54) is 7.11 Å². The molecule has 0 saturated heterocycles. The summed E-state index contributed by atoms with van der Waals surface area (Å²) in [6.45, 7) is 2.83. The van der Waals surface area contributed by atoms with Crippen molar-refractivity contribution in [1.82, 2.24) is 9.97 Å². The number of rotatable bonds is 6. The van der Waals surface area contributed by atoms with E-state index >= 15 is 0 Å². The van der Waals surface area contributed by atoms with Crippen LogP contribution in [0.15, 0.2) is 24.3 Å². The van der Waals surface area contributed by atoms with E-state index < -0.39 is 11.6 Å². The number of benzene rings is 1. The minimum Gasteiger partial charge on any atom is -0.377 e. The highest BCUT2D eigenvalue weighted by atomic mass is 19.1. The van der Waals surface area contributed by atoms with Gasteiger partial charge in [-0.25, -0.2) is 18.7 Å².